The van der Waals surface area contributed by atoms with Crippen molar-refractivity contribution < 1.29 is 9.21 Å². The number of carbonyl (C=O) groups excluding carboxylic acids is 1. The van der Waals surface area contributed by atoms with Crippen molar-refractivity contribution in [1.29, 1.82) is 0 Å². The number of aryl methyl sites for hydroxylation is 3. The molecule has 0 radical (unpaired) electrons. The average molecular weight is 373 g/mol. The Morgan fingerprint density at radius 3 is 2.57 bits per heavy atom. The molecule has 0 saturated carbocycles. The van der Waals surface area contributed by atoms with Crippen LogP contribution < -0.4 is 5.32 Å². The van der Waals surface area contributed by atoms with Crippen molar-refractivity contribution in [2.75, 3.05) is 5.32 Å². The number of amides is 1. The van der Waals surface area contributed by atoms with E-state index in [1.54, 1.807) is 16.8 Å². The molecule has 0 bridgehead atoms. The lowest BCUT2D eigenvalue weighted by molar-refractivity contribution is -0.111. The third-order valence-electron chi connectivity index (χ3n) is 4.14. The second-order valence-electron chi connectivity index (χ2n) is 6.54. The molecule has 0 aliphatic carbocycles. The fourth-order valence-corrected chi connectivity index (χ4v) is 2.95. The van der Waals surface area contributed by atoms with E-state index in [2.05, 4.69) is 20.4 Å². The second kappa shape index (κ2) is 7.11. The third-order valence-corrected chi connectivity index (χ3v) is 4.14. The van der Waals surface area contributed by atoms with Gasteiger partial charge in [0.15, 0.2) is 5.82 Å². The van der Waals surface area contributed by atoms with Crippen LogP contribution in [0, 0.1) is 20.8 Å². The number of benzene rings is 1. The van der Waals surface area contributed by atoms with E-state index in [1.807, 2.05) is 57.2 Å². The number of anilines is 1. The summed E-state index contributed by atoms with van der Waals surface area (Å²) in [7, 11) is 0. The van der Waals surface area contributed by atoms with E-state index in [4.69, 9.17) is 4.42 Å². The second-order valence-corrected chi connectivity index (χ2v) is 6.54. The Kier molecular flexibility index (Phi) is 4.49. The first-order valence-electron chi connectivity index (χ1n) is 8.85. The molecular formula is C21H19N5O2. The largest absolute Gasteiger partial charge is 0.457 e. The van der Waals surface area contributed by atoms with Crippen LogP contribution in [0.3, 0.4) is 0 Å². The van der Waals surface area contributed by atoms with Gasteiger partial charge in [0.1, 0.15) is 11.3 Å². The monoisotopic (exact) mass is 373 g/mol. The van der Waals surface area contributed by atoms with Crippen molar-refractivity contribution in [3.8, 4) is 5.95 Å². The van der Waals surface area contributed by atoms with E-state index >= 15 is 0 Å². The van der Waals surface area contributed by atoms with E-state index in [0.29, 0.717) is 17.5 Å². The van der Waals surface area contributed by atoms with Crippen LogP contribution in [0.1, 0.15) is 22.8 Å². The van der Waals surface area contributed by atoms with Crippen LogP contribution in [0.15, 0.2) is 53.0 Å². The van der Waals surface area contributed by atoms with E-state index in [0.717, 1.165) is 28.1 Å². The third kappa shape index (κ3) is 3.68. The van der Waals surface area contributed by atoms with Crippen molar-refractivity contribution in [1.82, 2.24) is 19.7 Å². The van der Waals surface area contributed by atoms with Gasteiger partial charge in [-0.25, -0.2) is 14.6 Å². The van der Waals surface area contributed by atoms with Crippen LogP contribution in [-0.4, -0.2) is 25.7 Å². The van der Waals surface area contributed by atoms with Gasteiger partial charge in [0, 0.05) is 34.6 Å². The molecule has 7 nitrogen and oxygen atoms in total. The summed E-state index contributed by atoms with van der Waals surface area (Å²) in [6, 6.07) is 13.2. The summed E-state index contributed by atoms with van der Waals surface area (Å²) in [6.07, 6.45) is 3.05. The lowest BCUT2D eigenvalue weighted by Crippen LogP contribution is -2.10. The number of para-hydroxylation sites is 1. The summed E-state index contributed by atoms with van der Waals surface area (Å²) in [5, 5.41) is 8.14. The van der Waals surface area contributed by atoms with Crippen LogP contribution in [0.2, 0.25) is 0 Å². The zero-order valence-electron chi connectivity index (χ0n) is 15.8. The highest BCUT2D eigenvalue weighted by Crippen LogP contribution is 2.20. The molecule has 7 heteroatoms. The topological polar surface area (TPSA) is 85.8 Å². The molecule has 3 aromatic heterocycles. The standard InChI is InChI=1S/C21H19N5O2/c1-13-10-14(2)23-21(22-13)26-15(3)11-19(25-26)24-20(27)9-8-17-12-16-6-4-5-7-18(16)28-17/h4-12H,1-3H3,(H,24,25,27). The van der Waals surface area contributed by atoms with Gasteiger partial charge in [-0.3, -0.25) is 4.79 Å². The molecule has 0 atom stereocenters. The van der Waals surface area contributed by atoms with Crippen molar-refractivity contribution in [2.24, 2.45) is 0 Å². The summed E-state index contributed by atoms with van der Waals surface area (Å²) in [6.45, 7) is 5.69. The van der Waals surface area contributed by atoms with E-state index in [1.165, 1.54) is 6.08 Å². The summed E-state index contributed by atoms with van der Waals surface area (Å²) in [5.74, 6) is 1.22. The van der Waals surface area contributed by atoms with E-state index < -0.39 is 0 Å². The van der Waals surface area contributed by atoms with Gasteiger partial charge in [0.05, 0.1) is 0 Å². The molecule has 28 heavy (non-hydrogen) atoms. The summed E-state index contributed by atoms with van der Waals surface area (Å²) >= 11 is 0. The first-order chi connectivity index (χ1) is 13.5. The summed E-state index contributed by atoms with van der Waals surface area (Å²) in [5.41, 5.74) is 3.32. The Balaban J connectivity index is 1.50. The molecule has 0 aliphatic heterocycles. The minimum absolute atomic E-state index is 0.300. The predicted octanol–water partition coefficient (Wildman–Crippen LogP) is 3.99. The van der Waals surface area contributed by atoms with Gasteiger partial charge in [-0.15, -0.1) is 5.10 Å². The number of hydrogen-bond donors (Lipinski definition) is 1. The van der Waals surface area contributed by atoms with Gasteiger partial charge in [-0.2, -0.15) is 0 Å². The molecule has 4 rings (SSSR count). The predicted molar refractivity (Wildman–Crippen MR) is 107 cm³/mol. The number of hydrogen-bond acceptors (Lipinski definition) is 5. The molecule has 0 aliphatic rings. The number of nitrogens with one attached hydrogen (secondary N) is 1. The minimum atomic E-state index is -0.300. The smallest absolute Gasteiger partial charge is 0.251 e. The average Bonchev–Trinajstić information content (AvgIpc) is 3.22. The molecule has 3 heterocycles. The number of fused-ring (bicyclic) bond motifs is 1. The molecule has 140 valence electrons. The van der Waals surface area contributed by atoms with Crippen LogP contribution in [0.5, 0.6) is 0 Å². The summed E-state index contributed by atoms with van der Waals surface area (Å²) < 4.78 is 7.28. The molecule has 1 aromatic carbocycles. The highest BCUT2D eigenvalue weighted by Gasteiger charge is 2.11. The van der Waals surface area contributed by atoms with Gasteiger partial charge < -0.3 is 9.73 Å². The number of nitrogens with zero attached hydrogens (tertiary/aromatic N) is 4. The maximum atomic E-state index is 12.2. The molecule has 1 N–H and O–H groups in total. The zero-order chi connectivity index (χ0) is 19.7. The van der Waals surface area contributed by atoms with Gasteiger partial charge >= 0.3 is 0 Å². The number of carbonyl (C=O) groups is 1. The highest BCUT2D eigenvalue weighted by atomic mass is 16.3. The van der Waals surface area contributed by atoms with Crippen molar-refractivity contribution in [3.05, 3.63) is 71.4 Å². The highest BCUT2D eigenvalue weighted by molar-refractivity contribution is 6.01. The zero-order valence-corrected chi connectivity index (χ0v) is 15.8. The van der Waals surface area contributed by atoms with Crippen LogP contribution in [0.4, 0.5) is 5.82 Å². The van der Waals surface area contributed by atoms with Gasteiger partial charge in [-0.05, 0) is 45.0 Å². The number of furan rings is 1. The number of aromatic nitrogens is 4. The maximum absolute atomic E-state index is 12.2. The van der Waals surface area contributed by atoms with Crippen molar-refractivity contribution in [2.45, 2.75) is 20.8 Å². The van der Waals surface area contributed by atoms with Crippen LogP contribution in [0.25, 0.3) is 23.0 Å². The number of rotatable bonds is 4. The SMILES string of the molecule is Cc1cc(C)nc(-n2nc(NC(=O)C=Cc3cc4ccccc4o3)cc2C)n1. The lowest BCUT2D eigenvalue weighted by atomic mass is 10.2. The van der Waals surface area contributed by atoms with Crippen molar-refractivity contribution >= 4 is 28.8 Å². The molecule has 0 fully saturated rings. The van der Waals surface area contributed by atoms with Gasteiger partial charge in [0.25, 0.3) is 5.95 Å². The molecular weight excluding hydrogens is 354 g/mol. The Morgan fingerprint density at radius 2 is 1.82 bits per heavy atom. The Hall–Kier alpha value is -3.74. The van der Waals surface area contributed by atoms with Gasteiger partial charge in [-0.1, -0.05) is 18.2 Å². The molecule has 0 saturated heterocycles. The maximum Gasteiger partial charge on any atom is 0.251 e. The molecule has 0 unspecified atom stereocenters. The Morgan fingerprint density at radius 1 is 1.07 bits per heavy atom. The fourth-order valence-electron chi connectivity index (χ4n) is 2.95. The van der Waals surface area contributed by atoms with E-state index in [-0.39, 0.29) is 5.91 Å². The van der Waals surface area contributed by atoms with Crippen LogP contribution >= 0.6 is 0 Å². The summed E-state index contributed by atoms with van der Waals surface area (Å²) in [4.78, 5) is 21.1. The van der Waals surface area contributed by atoms with E-state index in [9.17, 15) is 4.79 Å². The van der Waals surface area contributed by atoms with Crippen molar-refractivity contribution in [3.63, 3.8) is 0 Å². The Labute approximate surface area is 161 Å². The quantitative estimate of drug-likeness (QED) is 0.547. The first kappa shape index (κ1) is 17.7. The first-order valence-corrected chi connectivity index (χ1v) is 8.85. The molecule has 0 spiro atoms. The molecule has 1 amide bonds. The fraction of sp³-hybridized carbons (Fsp3) is 0.143. The Bertz CT molecular complexity index is 1150. The lowest BCUT2D eigenvalue weighted by Gasteiger charge is -2.04. The minimum Gasteiger partial charge on any atom is -0.457 e. The van der Waals surface area contributed by atoms with Crippen LogP contribution in [-0.2, 0) is 4.79 Å². The normalized spacial score (nSPS) is 11.4. The molecule has 4 aromatic rings. The van der Waals surface area contributed by atoms with Gasteiger partial charge in [0.2, 0.25) is 5.91 Å².